The highest BCUT2D eigenvalue weighted by molar-refractivity contribution is 6.77. The van der Waals surface area contributed by atoms with E-state index < -0.39 is 8.32 Å². The Bertz CT molecular complexity index is 251. The molecule has 1 aliphatic heterocycles. The zero-order valence-corrected chi connectivity index (χ0v) is 15.2. The van der Waals surface area contributed by atoms with Crippen molar-refractivity contribution in [3.05, 3.63) is 0 Å². The Morgan fingerprint density at radius 2 is 1.45 bits per heavy atom. The first-order valence-electron chi connectivity index (χ1n) is 8.22. The lowest BCUT2D eigenvalue weighted by molar-refractivity contribution is -0.0130. The van der Waals surface area contributed by atoms with Crippen molar-refractivity contribution in [1.82, 2.24) is 0 Å². The van der Waals surface area contributed by atoms with Crippen LogP contribution in [0.1, 0.15) is 54.4 Å². The van der Waals surface area contributed by atoms with Crippen LogP contribution in [0.25, 0.3) is 0 Å². The van der Waals surface area contributed by atoms with Gasteiger partial charge in [-0.2, -0.15) is 0 Å². The van der Waals surface area contributed by atoms with Crippen molar-refractivity contribution < 1.29 is 14.3 Å². The number of rotatable bonds is 7. The summed E-state index contributed by atoms with van der Waals surface area (Å²) in [5.74, 6) is 0.349. The molecule has 1 aliphatic rings. The molecule has 0 radical (unpaired) electrons. The van der Waals surface area contributed by atoms with Gasteiger partial charge in [0, 0.05) is 13.2 Å². The van der Waals surface area contributed by atoms with Crippen LogP contribution in [0.4, 0.5) is 0 Å². The van der Waals surface area contributed by atoms with Crippen LogP contribution >= 0.6 is 0 Å². The molecule has 1 unspecified atom stereocenters. The summed E-state index contributed by atoms with van der Waals surface area (Å²) in [7, 11) is -1.85. The number of aliphatic hydroxyl groups excluding tert-OH is 1. The molecule has 3 nitrogen and oxygen atoms in total. The largest absolute Gasteiger partial charge is 0.413 e. The smallest absolute Gasteiger partial charge is 0.200 e. The molecule has 20 heavy (non-hydrogen) atoms. The van der Waals surface area contributed by atoms with Crippen LogP contribution in [0.2, 0.25) is 16.6 Å². The van der Waals surface area contributed by atoms with Gasteiger partial charge in [-0.15, -0.1) is 0 Å². The monoisotopic (exact) mass is 302 g/mol. The third kappa shape index (κ3) is 4.06. The van der Waals surface area contributed by atoms with Crippen molar-refractivity contribution in [2.75, 3.05) is 19.8 Å². The maximum Gasteiger partial charge on any atom is 0.200 e. The van der Waals surface area contributed by atoms with Crippen LogP contribution in [0.5, 0.6) is 0 Å². The number of hydrogen-bond donors (Lipinski definition) is 1. The van der Waals surface area contributed by atoms with E-state index >= 15 is 0 Å². The second kappa shape index (κ2) is 7.92. The molecule has 4 heteroatoms. The molecule has 1 rings (SSSR count). The first-order chi connectivity index (χ1) is 9.32. The first-order valence-corrected chi connectivity index (χ1v) is 10.4. The predicted octanol–water partition coefficient (Wildman–Crippen LogP) is 3.97. The fourth-order valence-electron chi connectivity index (χ4n) is 3.97. The van der Waals surface area contributed by atoms with E-state index in [4.69, 9.17) is 9.16 Å². The molecular weight excluding hydrogens is 268 g/mol. The van der Waals surface area contributed by atoms with Gasteiger partial charge in [0.1, 0.15) is 0 Å². The SMILES string of the molecule is CC(C)[Si](OCC(O)C1CCOCC1)(C(C)C)C(C)C. The van der Waals surface area contributed by atoms with Gasteiger partial charge in [-0.05, 0) is 35.4 Å². The zero-order valence-electron chi connectivity index (χ0n) is 14.2. The standard InChI is InChI=1S/C16H34O3Si/c1-12(2)20(13(3)4,14(5)6)19-11-16(17)15-7-9-18-10-8-15/h12-17H,7-11H2,1-6H3. The molecule has 0 aromatic carbocycles. The third-order valence-corrected chi connectivity index (χ3v) is 11.1. The van der Waals surface area contributed by atoms with E-state index in [1.807, 2.05) is 0 Å². The average molecular weight is 303 g/mol. The van der Waals surface area contributed by atoms with Crippen molar-refractivity contribution in [2.24, 2.45) is 5.92 Å². The van der Waals surface area contributed by atoms with Crippen LogP contribution in [0, 0.1) is 5.92 Å². The number of aliphatic hydroxyl groups is 1. The highest BCUT2D eigenvalue weighted by atomic mass is 28.4. The Morgan fingerprint density at radius 1 is 1.00 bits per heavy atom. The summed E-state index contributed by atoms with van der Waals surface area (Å²) >= 11 is 0. The maximum atomic E-state index is 10.4. The molecule has 1 atom stereocenters. The average Bonchev–Trinajstić information content (AvgIpc) is 2.38. The van der Waals surface area contributed by atoms with Gasteiger partial charge in [-0.1, -0.05) is 41.5 Å². The Morgan fingerprint density at radius 3 is 1.85 bits per heavy atom. The van der Waals surface area contributed by atoms with Crippen molar-refractivity contribution in [1.29, 1.82) is 0 Å². The molecule has 1 saturated heterocycles. The highest BCUT2D eigenvalue weighted by Crippen LogP contribution is 2.42. The summed E-state index contributed by atoms with van der Waals surface area (Å²) in [6.45, 7) is 15.8. The van der Waals surface area contributed by atoms with E-state index in [0.717, 1.165) is 26.1 Å². The van der Waals surface area contributed by atoms with Crippen LogP contribution in [0.15, 0.2) is 0 Å². The van der Waals surface area contributed by atoms with Gasteiger partial charge in [0.25, 0.3) is 0 Å². The van der Waals surface area contributed by atoms with E-state index in [9.17, 15) is 5.11 Å². The van der Waals surface area contributed by atoms with Crippen molar-refractivity contribution in [3.63, 3.8) is 0 Å². The minimum absolute atomic E-state index is 0.331. The number of hydrogen-bond acceptors (Lipinski definition) is 3. The Hall–Kier alpha value is 0.0969. The molecule has 0 bridgehead atoms. The lowest BCUT2D eigenvalue weighted by atomic mass is 9.94. The Labute approximate surface area is 126 Å². The van der Waals surface area contributed by atoms with Crippen molar-refractivity contribution in [2.45, 2.75) is 77.1 Å². The fourth-order valence-corrected chi connectivity index (χ4v) is 9.43. The summed E-state index contributed by atoms with van der Waals surface area (Å²) in [4.78, 5) is 0. The minimum atomic E-state index is -1.85. The van der Waals surface area contributed by atoms with E-state index in [1.165, 1.54) is 0 Å². The fraction of sp³-hybridized carbons (Fsp3) is 1.00. The van der Waals surface area contributed by atoms with E-state index in [-0.39, 0.29) is 6.10 Å². The summed E-state index contributed by atoms with van der Waals surface area (Å²) in [6.07, 6.45) is 1.59. The van der Waals surface area contributed by atoms with E-state index in [2.05, 4.69) is 41.5 Å². The summed E-state index contributed by atoms with van der Waals surface area (Å²) in [5.41, 5.74) is 1.72. The quantitative estimate of drug-likeness (QED) is 0.723. The van der Waals surface area contributed by atoms with E-state index in [1.54, 1.807) is 0 Å². The highest BCUT2D eigenvalue weighted by Gasteiger charge is 2.45. The molecule has 0 spiro atoms. The maximum absolute atomic E-state index is 10.4. The van der Waals surface area contributed by atoms with Gasteiger partial charge < -0.3 is 14.3 Å². The van der Waals surface area contributed by atoms with Gasteiger partial charge in [-0.25, -0.2) is 0 Å². The molecule has 1 heterocycles. The first kappa shape index (κ1) is 18.1. The van der Waals surface area contributed by atoms with Gasteiger partial charge in [0.05, 0.1) is 12.7 Å². The summed E-state index contributed by atoms with van der Waals surface area (Å²) < 4.78 is 11.8. The molecule has 0 aliphatic carbocycles. The van der Waals surface area contributed by atoms with Crippen LogP contribution in [-0.4, -0.2) is 39.3 Å². The predicted molar refractivity (Wildman–Crippen MR) is 86.5 cm³/mol. The zero-order chi connectivity index (χ0) is 15.3. The molecule has 0 amide bonds. The topological polar surface area (TPSA) is 38.7 Å². The lowest BCUT2D eigenvalue weighted by Gasteiger charge is -2.43. The lowest BCUT2D eigenvalue weighted by Crippen LogP contribution is -2.49. The van der Waals surface area contributed by atoms with Gasteiger partial charge in [0.2, 0.25) is 0 Å². The van der Waals surface area contributed by atoms with Gasteiger partial charge in [0.15, 0.2) is 8.32 Å². The molecule has 1 N–H and O–H groups in total. The Balaban J connectivity index is 2.66. The normalized spacial score (nSPS) is 20.1. The Kier molecular flexibility index (Phi) is 7.19. The third-order valence-electron chi connectivity index (χ3n) is 5.02. The molecule has 0 aromatic rings. The summed E-state index contributed by atoms with van der Waals surface area (Å²) in [5, 5.41) is 10.4. The molecule has 120 valence electrons. The van der Waals surface area contributed by atoms with E-state index in [0.29, 0.717) is 29.1 Å². The molecular formula is C16H34O3Si. The van der Waals surface area contributed by atoms with Crippen LogP contribution < -0.4 is 0 Å². The molecule has 1 fully saturated rings. The molecule has 0 saturated carbocycles. The summed E-state index contributed by atoms with van der Waals surface area (Å²) in [6, 6.07) is 0. The van der Waals surface area contributed by atoms with Crippen molar-refractivity contribution >= 4 is 8.32 Å². The van der Waals surface area contributed by atoms with Gasteiger partial charge >= 0.3 is 0 Å². The second-order valence-corrected chi connectivity index (χ2v) is 12.6. The van der Waals surface area contributed by atoms with Crippen LogP contribution in [-0.2, 0) is 9.16 Å². The van der Waals surface area contributed by atoms with Crippen molar-refractivity contribution in [3.8, 4) is 0 Å². The second-order valence-electron chi connectivity index (χ2n) is 7.15. The van der Waals surface area contributed by atoms with Crippen LogP contribution in [0.3, 0.4) is 0 Å². The number of ether oxygens (including phenoxy) is 1. The molecule has 0 aromatic heterocycles. The van der Waals surface area contributed by atoms with Gasteiger partial charge in [-0.3, -0.25) is 0 Å². The minimum Gasteiger partial charge on any atom is -0.413 e.